The second-order valence-corrected chi connectivity index (χ2v) is 15.9. The molecule has 0 bridgehead atoms. The molecule has 55 heavy (non-hydrogen) atoms. The minimum absolute atomic E-state index is 0.155. The van der Waals surface area contributed by atoms with E-state index in [-0.39, 0.29) is 19.4 Å². The summed E-state index contributed by atoms with van der Waals surface area (Å²) in [7, 11) is -4.72. The standard InChI is InChI=1S/C43H78NO10P/c1-3-5-7-9-11-13-15-17-18-19-20-21-22-23-25-27-29-31-33-35-42(46)54-39(37-52-55(49,50)53-38-40(44)43(47)48)36-51-41(45)34-32-30-28-26-24-16-14-12-10-8-6-4-2/h11-14,17-18,39-40H,3-10,15-16,19-38,44H2,1-2H3,(H,47,48)(H,49,50)/b13-11+,14-12+,18-17+/t39-,40-/m0/s1. The fourth-order valence-corrected chi connectivity index (χ4v) is 6.46. The van der Waals surface area contributed by atoms with Gasteiger partial charge in [0.2, 0.25) is 0 Å². The van der Waals surface area contributed by atoms with Crippen LogP contribution in [0.4, 0.5) is 0 Å². The zero-order valence-electron chi connectivity index (χ0n) is 34.5. The van der Waals surface area contributed by atoms with Gasteiger partial charge in [0.15, 0.2) is 6.10 Å². The van der Waals surface area contributed by atoms with Gasteiger partial charge in [-0.2, -0.15) is 0 Å². The van der Waals surface area contributed by atoms with Gasteiger partial charge in [-0.25, -0.2) is 4.57 Å². The first-order valence-electron chi connectivity index (χ1n) is 21.5. The Labute approximate surface area is 333 Å². The summed E-state index contributed by atoms with van der Waals surface area (Å²) in [6.45, 7) is 2.74. The number of phosphoric acid groups is 1. The number of carboxylic acids is 1. The minimum Gasteiger partial charge on any atom is -0.480 e. The van der Waals surface area contributed by atoms with Crippen LogP contribution >= 0.6 is 7.82 Å². The average molecular weight is 800 g/mol. The van der Waals surface area contributed by atoms with Crippen molar-refractivity contribution in [2.75, 3.05) is 19.8 Å². The highest BCUT2D eigenvalue weighted by Gasteiger charge is 2.28. The molecule has 0 aromatic rings. The quantitative estimate of drug-likeness (QED) is 0.0233. The van der Waals surface area contributed by atoms with E-state index >= 15 is 0 Å². The van der Waals surface area contributed by atoms with E-state index in [9.17, 15) is 23.8 Å². The van der Waals surface area contributed by atoms with Gasteiger partial charge in [-0.3, -0.25) is 23.4 Å². The smallest absolute Gasteiger partial charge is 0.472 e. The number of rotatable bonds is 40. The van der Waals surface area contributed by atoms with Gasteiger partial charge in [-0.15, -0.1) is 0 Å². The molecule has 0 saturated carbocycles. The van der Waals surface area contributed by atoms with Crippen molar-refractivity contribution < 1.29 is 47.5 Å². The van der Waals surface area contributed by atoms with Crippen LogP contribution in [-0.2, 0) is 37.5 Å². The summed E-state index contributed by atoms with van der Waals surface area (Å²) in [6.07, 6.45) is 40.6. The lowest BCUT2D eigenvalue weighted by atomic mass is 10.1. The Kier molecular flexibility index (Phi) is 37.0. The van der Waals surface area contributed by atoms with Crippen LogP contribution < -0.4 is 5.73 Å². The SMILES string of the molecule is CCCCC/C=C/C/C=C/CCCCCCCCCCCC(=O)O[C@@H](COC(=O)CCCCCCC/C=C/CCCCC)COP(=O)(O)OC[C@H](N)C(=O)O. The van der Waals surface area contributed by atoms with E-state index in [0.29, 0.717) is 12.8 Å². The van der Waals surface area contributed by atoms with E-state index in [1.165, 1.54) is 77.0 Å². The van der Waals surface area contributed by atoms with Crippen molar-refractivity contribution in [3.63, 3.8) is 0 Å². The summed E-state index contributed by atoms with van der Waals surface area (Å²) in [6, 6.07) is -1.52. The van der Waals surface area contributed by atoms with Crippen LogP contribution in [0.3, 0.4) is 0 Å². The number of carbonyl (C=O) groups is 3. The molecular formula is C43H78NO10P. The van der Waals surface area contributed by atoms with Crippen molar-refractivity contribution in [2.24, 2.45) is 5.73 Å². The molecule has 0 fully saturated rings. The van der Waals surface area contributed by atoms with Crippen molar-refractivity contribution in [3.05, 3.63) is 36.5 Å². The number of ether oxygens (including phenoxy) is 2. The Hall–Kier alpha value is -2.30. The molecule has 11 nitrogen and oxygen atoms in total. The number of allylic oxidation sites excluding steroid dienone is 6. The third-order valence-corrected chi connectivity index (χ3v) is 10.1. The van der Waals surface area contributed by atoms with Gasteiger partial charge in [0.25, 0.3) is 0 Å². The molecule has 0 radical (unpaired) electrons. The lowest BCUT2D eigenvalue weighted by Gasteiger charge is -2.20. The van der Waals surface area contributed by atoms with Crippen molar-refractivity contribution in [3.8, 4) is 0 Å². The zero-order valence-corrected chi connectivity index (χ0v) is 35.4. The monoisotopic (exact) mass is 800 g/mol. The largest absolute Gasteiger partial charge is 0.480 e. The van der Waals surface area contributed by atoms with Gasteiger partial charge in [-0.1, -0.05) is 140 Å². The maximum atomic E-state index is 12.6. The number of phosphoric ester groups is 1. The predicted octanol–water partition coefficient (Wildman–Crippen LogP) is 11.2. The normalized spacial score (nSPS) is 14.1. The van der Waals surface area contributed by atoms with Crippen molar-refractivity contribution in [1.82, 2.24) is 0 Å². The first-order valence-corrected chi connectivity index (χ1v) is 23.0. The molecule has 0 amide bonds. The summed E-state index contributed by atoms with van der Waals surface area (Å²) >= 11 is 0. The van der Waals surface area contributed by atoms with E-state index < -0.39 is 51.1 Å². The van der Waals surface area contributed by atoms with Crippen LogP contribution in [0.2, 0.25) is 0 Å². The molecule has 0 aliphatic heterocycles. The van der Waals surface area contributed by atoms with Gasteiger partial charge in [0, 0.05) is 12.8 Å². The Morgan fingerprint density at radius 2 is 0.964 bits per heavy atom. The second-order valence-electron chi connectivity index (χ2n) is 14.5. The third-order valence-electron chi connectivity index (χ3n) is 9.11. The molecule has 320 valence electrons. The van der Waals surface area contributed by atoms with Gasteiger partial charge >= 0.3 is 25.7 Å². The summed E-state index contributed by atoms with van der Waals surface area (Å²) in [4.78, 5) is 45.9. The molecule has 0 heterocycles. The zero-order chi connectivity index (χ0) is 40.7. The van der Waals surface area contributed by atoms with E-state index in [1.807, 2.05) is 0 Å². The molecule has 1 unspecified atom stereocenters. The topological polar surface area (TPSA) is 172 Å². The van der Waals surface area contributed by atoms with Gasteiger partial charge in [0.1, 0.15) is 12.6 Å². The first-order chi connectivity index (χ1) is 26.6. The lowest BCUT2D eigenvalue weighted by molar-refractivity contribution is -0.161. The summed E-state index contributed by atoms with van der Waals surface area (Å²) in [5.41, 5.74) is 5.33. The highest BCUT2D eigenvalue weighted by atomic mass is 31.2. The molecule has 0 rings (SSSR count). The molecule has 0 aromatic heterocycles. The van der Waals surface area contributed by atoms with E-state index in [4.69, 9.17) is 24.8 Å². The Bertz CT molecular complexity index is 1080. The van der Waals surface area contributed by atoms with Crippen LogP contribution in [0.25, 0.3) is 0 Å². The van der Waals surface area contributed by atoms with Crippen molar-refractivity contribution in [1.29, 1.82) is 0 Å². The number of carboxylic acid groups (broad SMARTS) is 1. The molecule has 0 aliphatic carbocycles. The van der Waals surface area contributed by atoms with E-state index in [1.54, 1.807) is 0 Å². The third kappa shape index (κ3) is 38.4. The molecular weight excluding hydrogens is 721 g/mol. The first kappa shape index (κ1) is 52.7. The molecule has 0 aliphatic rings. The van der Waals surface area contributed by atoms with Crippen LogP contribution in [0, 0.1) is 0 Å². The molecule has 0 aromatic carbocycles. The highest BCUT2D eigenvalue weighted by molar-refractivity contribution is 7.47. The Morgan fingerprint density at radius 1 is 0.564 bits per heavy atom. The summed E-state index contributed by atoms with van der Waals surface area (Å²) in [5.74, 6) is -2.39. The number of nitrogens with two attached hydrogens (primary N) is 1. The van der Waals surface area contributed by atoms with E-state index in [2.05, 4.69) is 54.8 Å². The van der Waals surface area contributed by atoms with Gasteiger partial charge in [-0.05, 0) is 70.6 Å². The fraction of sp³-hybridized carbons (Fsp3) is 0.791. The highest BCUT2D eigenvalue weighted by Crippen LogP contribution is 2.43. The number of esters is 2. The van der Waals surface area contributed by atoms with Crippen molar-refractivity contribution in [2.45, 2.75) is 199 Å². The van der Waals surface area contributed by atoms with Crippen LogP contribution in [0.5, 0.6) is 0 Å². The molecule has 12 heteroatoms. The van der Waals surface area contributed by atoms with Crippen molar-refractivity contribution >= 4 is 25.7 Å². The number of aliphatic carboxylic acids is 1. The summed E-state index contributed by atoms with van der Waals surface area (Å²) < 4.78 is 32.6. The predicted molar refractivity (Wildman–Crippen MR) is 222 cm³/mol. The number of unbranched alkanes of at least 4 members (excludes halogenated alkanes) is 20. The maximum Gasteiger partial charge on any atom is 0.472 e. The minimum atomic E-state index is -4.72. The number of carbonyl (C=O) groups excluding carboxylic acids is 2. The second kappa shape index (κ2) is 38.6. The molecule has 4 N–H and O–H groups in total. The number of hydrogen-bond donors (Lipinski definition) is 3. The Morgan fingerprint density at radius 3 is 1.44 bits per heavy atom. The van der Waals surface area contributed by atoms with Gasteiger partial charge in [0.05, 0.1) is 13.2 Å². The maximum absolute atomic E-state index is 12.6. The summed E-state index contributed by atoms with van der Waals surface area (Å²) in [5, 5.41) is 8.88. The van der Waals surface area contributed by atoms with Crippen LogP contribution in [-0.4, -0.2) is 59.9 Å². The Balaban J connectivity index is 4.35. The molecule has 3 atom stereocenters. The average Bonchev–Trinajstić information content (AvgIpc) is 3.16. The molecule has 0 saturated heterocycles. The lowest BCUT2D eigenvalue weighted by Crippen LogP contribution is -2.34. The van der Waals surface area contributed by atoms with Crippen LogP contribution in [0.15, 0.2) is 36.5 Å². The molecule has 0 spiro atoms. The fourth-order valence-electron chi connectivity index (χ4n) is 5.68. The van der Waals surface area contributed by atoms with E-state index in [0.717, 1.165) is 70.6 Å². The number of hydrogen-bond acceptors (Lipinski definition) is 9. The van der Waals surface area contributed by atoms with Crippen LogP contribution in [0.1, 0.15) is 187 Å². The van der Waals surface area contributed by atoms with Gasteiger partial charge < -0.3 is 25.2 Å².